The number of aliphatic hydroxyl groups is 1. The fourth-order valence-electron chi connectivity index (χ4n) is 3.06. The molecule has 1 aliphatic rings. The molecule has 0 bridgehead atoms. The molecule has 0 spiro atoms. The molecule has 2 N–H and O–H groups in total. The number of hydrogen-bond acceptors (Lipinski definition) is 4. The van der Waals surface area contributed by atoms with Crippen LogP contribution in [0.1, 0.15) is 26.2 Å². The molecule has 0 saturated carbocycles. The molecule has 1 fully saturated rings. The van der Waals surface area contributed by atoms with Crippen molar-refractivity contribution < 1.29 is 9.90 Å². The molecule has 0 atom stereocenters. The van der Waals surface area contributed by atoms with E-state index in [4.69, 9.17) is 0 Å². The van der Waals surface area contributed by atoms with Crippen molar-refractivity contribution in [2.45, 2.75) is 26.2 Å². The summed E-state index contributed by atoms with van der Waals surface area (Å²) in [7, 11) is 3.99. The molecule has 0 radical (unpaired) electrons. The van der Waals surface area contributed by atoms with Crippen LogP contribution >= 0.6 is 0 Å². The summed E-state index contributed by atoms with van der Waals surface area (Å²) in [6, 6.07) is 7.84. The summed E-state index contributed by atoms with van der Waals surface area (Å²) in [5, 5.41) is 12.5. The van der Waals surface area contributed by atoms with Gasteiger partial charge in [0.15, 0.2) is 0 Å². The highest BCUT2D eigenvalue weighted by molar-refractivity contribution is 5.92. The minimum absolute atomic E-state index is 0.0237. The molecule has 2 rings (SSSR count). The van der Waals surface area contributed by atoms with E-state index in [9.17, 15) is 9.90 Å². The maximum atomic E-state index is 12.2. The highest BCUT2D eigenvalue weighted by Gasteiger charge is 2.32. The maximum absolute atomic E-state index is 12.2. The largest absolute Gasteiger partial charge is 0.396 e. The molecular weight excluding hydrogens is 290 g/mol. The first-order chi connectivity index (χ1) is 11.0. The second-order valence-corrected chi connectivity index (χ2v) is 6.78. The molecule has 128 valence electrons. The van der Waals surface area contributed by atoms with Crippen molar-refractivity contribution in [2.75, 3.05) is 50.6 Å². The van der Waals surface area contributed by atoms with Crippen molar-refractivity contribution in [3.05, 3.63) is 24.3 Å². The molecule has 0 aliphatic carbocycles. The van der Waals surface area contributed by atoms with Crippen LogP contribution in [0.4, 0.5) is 11.4 Å². The topological polar surface area (TPSA) is 55.8 Å². The van der Waals surface area contributed by atoms with Gasteiger partial charge in [0.05, 0.1) is 6.54 Å². The summed E-state index contributed by atoms with van der Waals surface area (Å²) in [4.78, 5) is 16.4. The number of likely N-dealkylation sites (tertiary alicyclic amines) is 1. The minimum Gasteiger partial charge on any atom is -0.396 e. The van der Waals surface area contributed by atoms with Gasteiger partial charge in [0.1, 0.15) is 0 Å². The number of carbonyl (C=O) groups is 1. The Morgan fingerprint density at radius 1 is 1.26 bits per heavy atom. The summed E-state index contributed by atoms with van der Waals surface area (Å²) in [6.45, 7) is 4.56. The van der Waals surface area contributed by atoms with E-state index >= 15 is 0 Å². The van der Waals surface area contributed by atoms with E-state index in [-0.39, 0.29) is 17.9 Å². The number of nitrogens with one attached hydrogen (secondary N) is 1. The molecule has 1 aromatic rings. The molecular formula is C18H29N3O2. The lowest BCUT2D eigenvalue weighted by molar-refractivity contribution is -0.118. The van der Waals surface area contributed by atoms with Gasteiger partial charge in [-0.1, -0.05) is 6.92 Å². The van der Waals surface area contributed by atoms with Crippen LogP contribution in [0, 0.1) is 5.41 Å². The molecule has 1 aromatic carbocycles. The summed E-state index contributed by atoms with van der Waals surface area (Å²) in [5.41, 5.74) is 2.00. The van der Waals surface area contributed by atoms with Crippen molar-refractivity contribution in [3.63, 3.8) is 0 Å². The van der Waals surface area contributed by atoms with Gasteiger partial charge in [0.2, 0.25) is 5.91 Å². The first-order valence-corrected chi connectivity index (χ1v) is 8.38. The van der Waals surface area contributed by atoms with Crippen molar-refractivity contribution in [3.8, 4) is 0 Å². The van der Waals surface area contributed by atoms with E-state index in [2.05, 4.69) is 17.1 Å². The van der Waals surface area contributed by atoms with E-state index in [0.717, 1.165) is 43.7 Å². The van der Waals surface area contributed by atoms with Crippen LogP contribution in [0.25, 0.3) is 0 Å². The molecule has 23 heavy (non-hydrogen) atoms. The zero-order chi connectivity index (χ0) is 16.9. The Labute approximate surface area is 139 Å². The SMILES string of the molecule is CCC1(CO)CCN(CC(=O)Nc2ccc(N(C)C)cc2)CC1. The predicted octanol–water partition coefficient (Wildman–Crippen LogP) is 2.18. The fourth-order valence-corrected chi connectivity index (χ4v) is 3.06. The minimum atomic E-state index is 0.0237. The van der Waals surface area contributed by atoms with E-state index in [1.165, 1.54) is 0 Å². The predicted molar refractivity (Wildman–Crippen MR) is 94.9 cm³/mol. The molecule has 5 nitrogen and oxygen atoms in total. The van der Waals surface area contributed by atoms with E-state index in [1.54, 1.807) is 0 Å². The third-order valence-electron chi connectivity index (χ3n) is 5.04. The average Bonchev–Trinajstić information content (AvgIpc) is 2.56. The zero-order valence-corrected chi connectivity index (χ0v) is 14.5. The number of carbonyl (C=O) groups excluding carboxylic acids is 1. The Bertz CT molecular complexity index is 500. The van der Waals surface area contributed by atoms with E-state index in [0.29, 0.717) is 6.54 Å². The lowest BCUT2D eigenvalue weighted by atomic mass is 9.77. The third kappa shape index (κ3) is 4.69. The first-order valence-electron chi connectivity index (χ1n) is 8.38. The van der Waals surface area contributed by atoms with Gasteiger partial charge in [-0.05, 0) is 62.0 Å². The van der Waals surface area contributed by atoms with Gasteiger partial charge in [-0.15, -0.1) is 0 Å². The molecule has 5 heteroatoms. The number of hydrogen-bond donors (Lipinski definition) is 2. The van der Waals surface area contributed by atoms with Gasteiger partial charge < -0.3 is 15.3 Å². The van der Waals surface area contributed by atoms with Gasteiger partial charge in [-0.25, -0.2) is 0 Å². The van der Waals surface area contributed by atoms with Crippen molar-refractivity contribution in [1.29, 1.82) is 0 Å². The standard InChI is InChI=1S/C18H29N3O2/c1-4-18(14-22)9-11-21(12-10-18)13-17(23)19-15-5-7-16(8-6-15)20(2)3/h5-8,22H,4,9-14H2,1-3H3,(H,19,23). The number of benzene rings is 1. The summed E-state index contributed by atoms with van der Waals surface area (Å²) >= 11 is 0. The van der Waals surface area contributed by atoms with Crippen molar-refractivity contribution >= 4 is 17.3 Å². The Kier molecular flexibility index (Phi) is 6.02. The van der Waals surface area contributed by atoms with Crippen molar-refractivity contribution in [1.82, 2.24) is 4.90 Å². The van der Waals surface area contributed by atoms with Crippen LogP contribution in [0.15, 0.2) is 24.3 Å². The van der Waals surface area contributed by atoms with Gasteiger partial charge in [0.25, 0.3) is 0 Å². The summed E-state index contributed by atoms with van der Waals surface area (Å²) in [6.07, 6.45) is 2.93. The van der Waals surface area contributed by atoms with E-state index in [1.807, 2.05) is 43.3 Å². The Hall–Kier alpha value is -1.59. The number of nitrogens with zero attached hydrogens (tertiary/aromatic N) is 2. The quantitative estimate of drug-likeness (QED) is 0.844. The van der Waals surface area contributed by atoms with Gasteiger partial charge in [-0.2, -0.15) is 0 Å². The summed E-state index contributed by atoms with van der Waals surface area (Å²) < 4.78 is 0. The lowest BCUT2D eigenvalue weighted by Gasteiger charge is -2.39. The maximum Gasteiger partial charge on any atom is 0.238 e. The molecule has 1 aliphatic heterocycles. The number of anilines is 2. The van der Waals surface area contributed by atoms with Crippen LogP contribution in [0.2, 0.25) is 0 Å². The lowest BCUT2D eigenvalue weighted by Crippen LogP contribution is -2.44. The van der Waals surface area contributed by atoms with Crippen LogP contribution in [-0.2, 0) is 4.79 Å². The highest BCUT2D eigenvalue weighted by atomic mass is 16.3. The van der Waals surface area contributed by atoms with Crippen LogP contribution in [-0.4, -0.2) is 56.3 Å². The number of amides is 1. The number of aliphatic hydroxyl groups excluding tert-OH is 1. The van der Waals surface area contributed by atoms with Crippen LogP contribution in [0.3, 0.4) is 0 Å². The zero-order valence-electron chi connectivity index (χ0n) is 14.5. The second kappa shape index (κ2) is 7.79. The van der Waals surface area contributed by atoms with Crippen LogP contribution < -0.4 is 10.2 Å². The monoisotopic (exact) mass is 319 g/mol. The Morgan fingerprint density at radius 3 is 2.35 bits per heavy atom. The van der Waals surface area contributed by atoms with E-state index < -0.39 is 0 Å². The third-order valence-corrected chi connectivity index (χ3v) is 5.04. The Balaban J connectivity index is 1.81. The van der Waals surface area contributed by atoms with Gasteiger partial charge in [-0.3, -0.25) is 9.69 Å². The molecule has 1 saturated heterocycles. The summed E-state index contributed by atoms with van der Waals surface area (Å²) in [5.74, 6) is 0.0237. The highest BCUT2D eigenvalue weighted by Crippen LogP contribution is 2.34. The molecule has 1 amide bonds. The Morgan fingerprint density at radius 2 is 1.87 bits per heavy atom. The van der Waals surface area contributed by atoms with Crippen LogP contribution in [0.5, 0.6) is 0 Å². The van der Waals surface area contributed by atoms with Gasteiger partial charge in [0, 0.05) is 32.1 Å². The number of piperidine rings is 1. The van der Waals surface area contributed by atoms with Gasteiger partial charge >= 0.3 is 0 Å². The smallest absolute Gasteiger partial charge is 0.238 e. The fraction of sp³-hybridized carbons (Fsp3) is 0.611. The number of rotatable bonds is 6. The normalized spacial score (nSPS) is 17.7. The van der Waals surface area contributed by atoms with Crippen molar-refractivity contribution in [2.24, 2.45) is 5.41 Å². The average molecular weight is 319 g/mol. The molecule has 0 unspecified atom stereocenters. The molecule has 1 heterocycles. The molecule has 0 aromatic heterocycles. The first kappa shape index (κ1) is 17.8. The second-order valence-electron chi connectivity index (χ2n) is 6.78.